The second kappa shape index (κ2) is 7.23. The number of hydrogen-bond acceptors (Lipinski definition) is 4. The van der Waals surface area contributed by atoms with Crippen LogP contribution in [0, 0.1) is 11.3 Å². The summed E-state index contributed by atoms with van der Waals surface area (Å²) in [5, 5.41) is 10.1. The summed E-state index contributed by atoms with van der Waals surface area (Å²) in [6.45, 7) is 0.435. The van der Waals surface area contributed by atoms with E-state index in [1.165, 1.54) is 0 Å². The van der Waals surface area contributed by atoms with Crippen molar-refractivity contribution in [2.24, 2.45) is 4.99 Å². The second-order valence-corrected chi connectivity index (χ2v) is 6.58. The summed E-state index contributed by atoms with van der Waals surface area (Å²) >= 11 is 12.6. The van der Waals surface area contributed by atoms with Gasteiger partial charge in [0.15, 0.2) is 11.1 Å². The average molecular weight is 395 g/mol. The summed E-state index contributed by atoms with van der Waals surface area (Å²) < 4.78 is 1.86. The number of fused-ring (bicyclic) bond motifs is 1. The first-order valence-corrected chi connectivity index (χ1v) is 8.77. The molecule has 0 saturated heterocycles. The first-order valence-electron chi connectivity index (χ1n) is 8.02. The van der Waals surface area contributed by atoms with E-state index in [0.717, 1.165) is 5.56 Å². The van der Waals surface area contributed by atoms with Crippen molar-refractivity contribution in [3.05, 3.63) is 81.8 Å². The Balaban J connectivity index is 1.79. The third-order valence-electron chi connectivity index (χ3n) is 4.06. The highest BCUT2D eigenvalue weighted by Crippen LogP contribution is 2.25. The second-order valence-electron chi connectivity index (χ2n) is 5.77. The Morgan fingerprint density at radius 1 is 1.07 bits per heavy atom. The van der Waals surface area contributed by atoms with Gasteiger partial charge >= 0.3 is 0 Å². The smallest absolute Gasteiger partial charge is 0.181 e. The van der Waals surface area contributed by atoms with Crippen LogP contribution in [-0.2, 0) is 6.54 Å². The molecule has 0 unspecified atom stereocenters. The molecule has 27 heavy (non-hydrogen) atoms. The van der Waals surface area contributed by atoms with Gasteiger partial charge in [0.05, 0.1) is 36.5 Å². The predicted octanol–water partition coefficient (Wildman–Crippen LogP) is 4.22. The highest BCUT2D eigenvalue weighted by Gasteiger charge is 2.10. The van der Waals surface area contributed by atoms with Gasteiger partial charge in [0.1, 0.15) is 5.52 Å². The monoisotopic (exact) mass is 394 g/mol. The van der Waals surface area contributed by atoms with E-state index in [4.69, 9.17) is 28.5 Å². The molecule has 0 aliphatic rings. The number of benzene rings is 2. The molecule has 1 N–H and O–H groups in total. The van der Waals surface area contributed by atoms with E-state index in [2.05, 4.69) is 26.0 Å². The number of hydrogen-bond donors (Lipinski definition) is 1. The Labute approximate surface area is 164 Å². The number of aromatic nitrogens is 4. The minimum absolute atomic E-state index is 0.435. The molecule has 4 aromatic rings. The van der Waals surface area contributed by atoms with Crippen LogP contribution in [0.2, 0.25) is 10.0 Å². The molecule has 132 valence electrons. The Morgan fingerprint density at radius 3 is 2.52 bits per heavy atom. The topological polar surface area (TPSA) is 82.7 Å². The molecule has 0 radical (unpaired) electrons. The quantitative estimate of drug-likeness (QED) is 0.564. The fraction of sp³-hybridized carbons (Fsp3) is 0.0526. The predicted molar refractivity (Wildman–Crippen MR) is 104 cm³/mol. The minimum atomic E-state index is 0.435. The lowest BCUT2D eigenvalue weighted by molar-refractivity contribution is 0.786. The third kappa shape index (κ3) is 3.43. The third-order valence-corrected chi connectivity index (χ3v) is 4.76. The maximum Gasteiger partial charge on any atom is 0.181 e. The number of nitriles is 1. The van der Waals surface area contributed by atoms with Crippen molar-refractivity contribution in [2.45, 2.75) is 6.54 Å². The average Bonchev–Trinajstić information content (AvgIpc) is 3.17. The van der Waals surface area contributed by atoms with E-state index in [0.29, 0.717) is 44.5 Å². The lowest BCUT2D eigenvalue weighted by Gasteiger charge is -2.10. The van der Waals surface area contributed by atoms with E-state index in [9.17, 15) is 0 Å². The van der Waals surface area contributed by atoms with Crippen molar-refractivity contribution < 1.29 is 0 Å². The van der Waals surface area contributed by atoms with Crippen molar-refractivity contribution in [2.75, 3.05) is 0 Å². The van der Waals surface area contributed by atoms with Gasteiger partial charge in [-0.05, 0) is 36.4 Å². The molecule has 4 rings (SSSR count). The van der Waals surface area contributed by atoms with Gasteiger partial charge in [-0.2, -0.15) is 5.26 Å². The van der Waals surface area contributed by atoms with Crippen molar-refractivity contribution >= 4 is 40.1 Å². The molecule has 0 saturated carbocycles. The van der Waals surface area contributed by atoms with Gasteiger partial charge in [0, 0.05) is 15.6 Å². The lowest BCUT2D eigenvalue weighted by atomic mass is 10.2. The minimum Gasteiger partial charge on any atom is -0.340 e. The van der Waals surface area contributed by atoms with E-state index >= 15 is 0 Å². The van der Waals surface area contributed by atoms with Crippen LogP contribution in [0.4, 0.5) is 5.69 Å². The van der Waals surface area contributed by atoms with Gasteiger partial charge in [0.25, 0.3) is 0 Å². The maximum atomic E-state index is 8.89. The summed E-state index contributed by atoms with van der Waals surface area (Å²) in [6, 6.07) is 14.5. The Hall–Kier alpha value is -3.14. The molecule has 6 nitrogen and oxygen atoms in total. The van der Waals surface area contributed by atoms with Gasteiger partial charge in [-0.15, -0.1) is 0 Å². The van der Waals surface area contributed by atoms with Gasteiger partial charge in [-0.1, -0.05) is 29.3 Å². The molecule has 0 bridgehead atoms. The molecule has 0 fully saturated rings. The molecule has 2 aromatic carbocycles. The van der Waals surface area contributed by atoms with Gasteiger partial charge in [0.2, 0.25) is 0 Å². The summed E-state index contributed by atoms with van der Waals surface area (Å²) in [6.07, 6.45) is 3.25. The van der Waals surface area contributed by atoms with E-state index < -0.39 is 0 Å². The normalized spacial score (nSPS) is 11.7. The highest BCUT2D eigenvalue weighted by atomic mass is 35.5. The molecule has 0 aliphatic heterocycles. The van der Waals surface area contributed by atoms with Gasteiger partial charge in [-0.3, -0.25) is 0 Å². The van der Waals surface area contributed by atoms with E-state index in [-0.39, 0.29) is 0 Å². The zero-order chi connectivity index (χ0) is 18.8. The number of rotatable bonds is 3. The van der Waals surface area contributed by atoms with Crippen molar-refractivity contribution in [3.63, 3.8) is 0 Å². The Kier molecular flexibility index (Phi) is 4.63. The lowest BCUT2D eigenvalue weighted by Crippen LogP contribution is -2.14. The first kappa shape index (κ1) is 17.3. The van der Waals surface area contributed by atoms with Gasteiger partial charge < -0.3 is 9.55 Å². The molecular weight excluding hydrogens is 383 g/mol. The van der Waals surface area contributed by atoms with Crippen LogP contribution in [0.15, 0.2) is 60.1 Å². The summed E-state index contributed by atoms with van der Waals surface area (Å²) in [5.41, 5.74) is 3.97. The van der Waals surface area contributed by atoms with Crippen LogP contribution in [0.3, 0.4) is 0 Å². The summed E-state index contributed by atoms with van der Waals surface area (Å²) in [4.78, 5) is 16.5. The van der Waals surface area contributed by atoms with Crippen molar-refractivity contribution in [1.29, 1.82) is 5.26 Å². The summed E-state index contributed by atoms with van der Waals surface area (Å²) in [7, 11) is 0. The van der Waals surface area contributed by atoms with Crippen LogP contribution in [0.1, 0.15) is 11.1 Å². The zero-order valence-electron chi connectivity index (χ0n) is 13.9. The molecule has 2 heterocycles. The zero-order valence-corrected chi connectivity index (χ0v) is 15.4. The van der Waals surface area contributed by atoms with Crippen LogP contribution < -0.4 is 5.49 Å². The van der Waals surface area contributed by atoms with Crippen molar-refractivity contribution in [1.82, 2.24) is 19.5 Å². The van der Waals surface area contributed by atoms with Crippen LogP contribution in [0.5, 0.6) is 0 Å². The number of H-pyrrole nitrogens is 1. The van der Waals surface area contributed by atoms with Crippen LogP contribution in [0.25, 0.3) is 11.2 Å². The molecule has 0 spiro atoms. The molecule has 2 aromatic heterocycles. The molecule has 0 aliphatic carbocycles. The van der Waals surface area contributed by atoms with Crippen molar-refractivity contribution in [3.8, 4) is 6.07 Å². The Morgan fingerprint density at radius 2 is 1.81 bits per heavy atom. The summed E-state index contributed by atoms with van der Waals surface area (Å²) in [5.74, 6) is 0. The highest BCUT2D eigenvalue weighted by molar-refractivity contribution is 6.36. The Bertz CT molecular complexity index is 1210. The standard InChI is InChI=1S/C19H12Cl2N6/c20-15-2-1-3-16(21)14(15)9-27-11-25-18(17-19(27)24-10-23-17)26-13-6-4-12(8-22)5-7-13/h1-7,10-11H,9H2,(H,23,24). The fourth-order valence-electron chi connectivity index (χ4n) is 2.70. The largest absolute Gasteiger partial charge is 0.340 e. The van der Waals surface area contributed by atoms with Crippen LogP contribution in [-0.4, -0.2) is 19.5 Å². The fourth-order valence-corrected chi connectivity index (χ4v) is 3.22. The van der Waals surface area contributed by atoms with E-state index in [1.54, 1.807) is 55.1 Å². The first-order chi connectivity index (χ1) is 13.2. The maximum absolute atomic E-state index is 8.89. The number of imidazole rings is 1. The molecular formula is C19H12Cl2N6. The SMILES string of the molecule is N#Cc1ccc(N=c2ncn(Cc3c(Cl)cccc3Cl)c3nc[nH]c23)cc1. The molecule has 0 atom stereocenters. The number of nitrogens with one attached hydrogen (secondary N) is 1. The number of nitrogens with zero attached hydrogens (tertiary/aromatic N) is 5. The molecule has 8 heteroatoms. The number of aromatic amines is 1. The van der Waals surface area contributed by atoms with Crippen LogP contribution >= 0.6 is 23.2 Å². The van der Waals surface area contributed by atoms with E-state index in [1.807, 2.05) is 4.57 Å². The molecule has 0 amide bonds. The van der Waals surface area contributed by atoms with Gasteiger partial charge in [-0.25, -0.2) is 15.0 Å². The number of halogens is 2.